The van der Waals surface area contributed by atoms with Crippen LogP contribution in [-0.4, -0.2) is 75.2 Å². The van der Waals surface area contributed by atoms with Crippen molar-refractivity contribution in [2.75, 3.05) is 59.5 Å². The van der Waals surface area contributed by atoms with Crippen LogP contribution >= 0.6 is 0 Å². The number of unbranched alkanes of at least 4 members (excludes halogenated alkanes) is 3. The maximum Gasteiger partial charge on any atom is 0.234 e. The number of amides is 1. The molecule has 0 bridgehead atoms. The molecule has 0 unspecified atom stereocenters. The van der Waals surface area contributed by atoms with E-state index < -0.39 is 0 Å². The molecule has 1 amide bonds. The Morgan fingerprint density at radius 1 is 1.10 bits per heavy atom. The number of carbonyl (C=O) groups excluding carboxylic acids is 1. The topological polar surface area (TPSA) is 44.8 Å². The minimum Gasteiger partial charge on any atom is -0.383 e. The molecule has 5 heteroatoms. The van der Waals surface area contributed by atoms with Gasteiger partial charge in [-0.2, -0.15) is 0 Å². The van der Waals surface area contributed by atoms with Crippen molar-refractivity contribution in [2.24, 2.45) is 0 Å². The Hall–Kier alpha value is -0.650. The number of piperazine rings is 1. The highest BCUT2D eigenvalue weighted by molar-refractivity contribution is 5.77. The van der Waals surface area contributed by atoms with E-state index in [0.717, 1.165) is 26.2 Å². The first-order valence-electron chi connectivity index (χ1n) is 7.96. The number of rotatable bonds is 10. The summed E-state index contributed by atoms with van der Waals surface area (Å²) in [6.45, 7) is 9.37. The minimum absolute atomic E-state index is 0.110. The van der Waals surface area contributed by atoms with Gasteiger partial charge in [0.2, 0.25) is 5.91 Å². The molecule has 1 heterocycles. The van der Waals surface area contributed by atoms with Crippen LogP contribution in [0.2, 0.25) is 0 Å². The van der Waals surface area contributed by atoms with Crippen molar-refractivity contribution < 1.29 is 9.53 Å². The zero-order chi connectivity index (χ0) is 14.6. The molecule has 0 atom stereocenters. The van der Waals surface area contributed by atoms with Crippen LogP contribution in [0.4, 0.5) is 0 Å². The summed E-state index contributed by atoms with van der Waals surface area (Å²) in [5, 5.41) is 2.87. The van der Waals surface area contributed by atoms with Gasteiger partial charge in [0.1, 0.15) is 0 Å². The van der Waals surface area contributed by atoms with E-state index in [1.54, 1.807) is 7.11 Å². The van der Waals surface area contributed by atoms with Crippen molar-refractivity contribution in [3.63, 3.8) is 0 Å². The van der Waals surface area contributed by atoms with E-state index in [1.807, 2.05) is 0 Å². The van der Waals surface area contributed by atoms with Gasteiger partial charge in [-0.05, 0) is 13.0 Å². The first-order chi connectivity index (χ1) is 9.76. The average Bonchev–Trinajstić information content (AvgIpc) is 2.46. The number of nitrogens with one attached hydrogen (secondary N) is 1. The van der Waals surface area contributed by atoms with Crippen LogP contribution in [0, 0.1) is 0 Å². The van der Waals surface area contributed by atoms with Crippen LogP contribution in [0.5, 0.6) is 0 Å². The minimum atomic E-state index is 0.110. The van der Waals surface area contributed by atoms with Crippen LogP contribution < -0.4 is 5.32 Å². The molecule has 0 spiro atoms. The van der Waals surface area contributed by atoms with E-state index in [-0.39, 0.29) is 5.91 Å². The Balaban J connectivity index is 2.05. The highest BCUT2D eigenvalue weighted by Crippen LogP contribution is 2.05. The van der Waals surface area contributed by atoms with E-state index in [0.29, 0.717) is 19.7 Å². The van der Waals surface area contributed by atoms with Crippen molar-refractivity contribution in [1.29, 1.82) is 0 Å². The van der Waals surface area contributed by atoms with Gasteiger partial charge in [-0.15, -0.1) is 0 Å². The van der Waals surface area contributed by atoms with Gasteiger partial charge in [-0.3, -0.25) is 9.69 Å². The molecule has 20 heavy (non-hydrogen) atoms. The number of nitrogens with zero attached hydrogens (tertiary/aromatic N) is 2. The smallest absolute Gasteiger partial charge is 0.234 e. The van der Waals surface area contributed by atoms with Gasteiger partial charge >= 0.3 is 0 Å². The SMILES string of the molecule is CCCCCCN1CCN(CC(=O)NCCOC)CC1. The Bertz CT molecular complexity index is 254. The molecule has 1 aliphatic heterocycles. The fourth-order valence-electron chi connectivity index (χ4n) is 2.48. The van der Waals surface area contributed by atoms with E-state index in [2.05, 4.69) is 22.0 Å². The Morgan fingerprint density at radius 2 is 1.80 bits per heavy atom. The van der Waals surface area contributed by atoms with Crippen molar-refractivity contribution in [1.82, 2.24) is 15.1 Å². The number of hydrogen-bond acceptors (Lipinski definition) is 4. The predicted molar refractivity (Wildman–Crippen MR) is 81.9 cm³/mol. The molecule has 0 aromatic rings. The molecule has 1 rings (SSSR count). The zero-order valence-electron chi connectivity index (χ0n) is 13.2. The summed E-state index contributed by atoms with van der Waals surface area (Å²) in [5.41, 5.74) is 0. The first-order valence-corrected chi connectivity index (χ1v) is 7.96. The summed E-state index contributed by atoms with van der Waals surface area (Å²) < 4.78 is 4.92. The molecule has 1 fully saturated rings. The molecule has 1 N–H and O–H groups in total. The van der Waals surface area contributed by atoms with Crippen molar-refractivity contribution in [2.45, 2.75) is 32.6 Å². The largest absolute Gasteiger partial charge is 0.383 e. The first kappa shape index (κ1) is 17.4. The monoisotopic (exact) mass is 285 g/mol. The Morgan fingerprint density at radius 3 is 2.45 bits per heavy atom. The molecule has 1 aliphatic rings. The molecule has 0 aromatic carbocycles. The molecule has 0 aromatic heterocycles. The Labute approximate surface area is 123 Å². The van der Waals surface area contributed by atoms with Crippen molar-refractivity contribution in [3.8, 4) is 0 Å². The lowest BCUT2D eigenvalue weighted by Crippen LogP contribution is -2.49. The van der Waals surface area contributed by atoms with Crippen molar-refractivity contribution >= 4 is 5.91 Å². The van der Waals surface area contributed by atoms with E-state index in [9.17, 15) is 4.79 Å². The summed E-state index contributed by atoms with van der Waals surface area (Å²) >= 11 is 0. The van der Waals surface area contributed by atoms with Crippen LogP contribution in [0.3, 0.4) is 0 Å². The van der Waals surface area contributed by atoms with Gasteiger partial charge in [0.05, 0.1) is 13.2 Å². The number of methoxy groups -OCH3 is 1. The van der Waals surface area contributed by atoms with Gasteiger partial charge in [-0.25, -0.2) is 0 Å². The summed E-state index contributed by atoms with van der Waals surface area (Å²) in [7, 11) is 1.64. The maximum atomic E-state index is 11.7. The second-order valence-electron chi connectivity index (χ2n) is 5.52. The fourth-order valence-corrected chi connectivity index (χ4v) is 2.48. The third-order valence-electron chi connectivity index (χ3n) is 3.79. The van der Waals surface area contributed by atoms with Gasteiger partial charge in [-0.1, -0.05) is 26.2 Å². The lowest BCUT2D eigenvalue weighted by molar-refractivity contribution is -0.122. The van der Waals surface area contributed by atoms with E-state index in [1.165, 1.54) is 32.2 Å². The fraction of sp³-hybridized carbons (Fsp3) is 0.933. The normalized spacial score (nSPS) is 17.3. The highest BCUT2D eigenvalue weighted by Gasteiger charge is 2.18. The third-order valence-corrected chi connectivity index (χ3v) is 3.79. The summed E-state index contributed by atoms with van der Waals surface area (Å²) in [5.74, 6) is 0.110. The number of ether oxygens (including phenoxy) is 1. The summed E-state index contributed by atoms with van der Waals surface area (Å²) in [6.07, 6.45) is 5.30. The molecular formula is C15H31N3O2. The van der Waals surface area contributed by atoms with Gasteiger partial charge in [0, 0.05) is 39.8 Å². The molecular weight excluding hydrogens is 254 g/mol. The van der Waals surface area contributed by atoms with E-state index >= 15 is 0 Å². The van der Waals surface area contributed by atoms with Gasteiger partial charge in [0.25, 0.3) is 0 Å². The van der Waals surface area contributed by atoms with Crippen LogP contribution in [0.1, 0.15) is 32.6 Å². The maximum absolute atomic E-state index is 11.7. The second kappa shape index (κ2) is 11.1. The quantitative estimate of drug-likeness (QED) is 0.607. The Kier molecular flexibility index (Phi) is 9.62. The van der Waals surface area contributed by atoms with Crippen molar-refractivity contribution in [3.05, 3.63) is 0 Å². The van der Waals surface area contributed by atoms with Crippen LogP contribution in [-0.2, 0) is 9.53 Å². The van der Waals surface area contributed by atoms with Crippen LogP contribution in [0.15, 0.2) is 0 Å². The average molecular weight is 285 g/mol. The van der Waals surface area contributed by atoms with Gasteiger partial charge in [0.15, 0.2) is 0 Å². The van der Waals surface area contributed by atoms with E-state index in [4.69, 9.17) is 4.74 Å². The lowest BCUT2D eigenvalue weighted by atomic mass is 10.2. The standard InChI is InChI=1S/C15H31N3O2/c1-3-4-5-6-8-17-9-11-18(12-10-17)14-15(19)16-7-13-20-2/h3-14H2,1-2H3,(H,16,19). The second-order valence-corrected chi connectivity index (χ2v) is 5.52. The molecule has 5 nitrogen and oxygen atoms in total. The number of carbonyl (C=O) groups is 1. The molecule has 0 radical (unpaired) electrons. The summed E-state index contributed by atoms with van der Waals surface area (Å²) in [4.78, 5) is 16.5. The van der Waals surface area contributed by atoms with Crippen LogP contribution in [0.25, 0.3) is 0 Å². The lowest BCUT2D eigenvalue weighted by Gasteiger charge is -2.34. The number of hydrogen-bond donors (Lipinski definition) is 1. The highest BCUT2D eigenvalue weighted by atomic mass is 16.5. The molecule has 0 saturated carbocycles. The molecule has 1 saturated heterocycles. The summed E-state index contributed by atoms with van der Waals surface area (Å²) in [6, 6.07) is 0. The third kappa shape index (κ3) is 7.82. The van der Waals surface area contributed by atoms with Gasteiger partial charge < -0.3 is 15.0 Å². The predicted octanol–water partition coefficient (Wildman–Crippen LogP) is 0.947. The molecule has 118 valence electrons. The molecule has 0 aliphatic carbocycles. The zero-order valence-corrected chi connectivity index (χ0v) is 13.2.